The molecule has 0 aromatic heterocycles. The van der Waals surface area contributed by atoms with Crippen LogP contribution in [0, 0.1) is 0 Å². The van der Waals surface area contributed by atoms with Crippen LogP contribution < -0.4 is 4.84 Å². The van der Waals surface area contributed by atoms with Crippen molar-refractivity contribution in [2.24, 2.45) is 0 Å². The van der Waals surface area contributed by atoms with Crippen LogP contribution in [0.5, 0.6) is 5.75 Å². The Bertz CT molecular complexity index is 312. The van der Waals surface area contributed by atoms with Gasteiger partial charge in [-0.1, -0.05) is 12.1 Å². The van der Waals surface area contributed by atoms with Crippen molar-refractivity contribution in [1.29, 1.82) is 0 Å². The molecule has 0 fully saturated rings. The molecule has 0 amide bonds. The number of carbonyl (C=O) groups is 1. The van der Waals surface area contributed by atoms with Crippen molar-refractivity contribution in [3.8, 4) is 5.75 Å². The van der Waals surface area contributed by atoms with Gasteiger partial charge in [0.1, 0.15) is 11.8 Å². The Morgan fingerprint density at radius 2 is 2.00 bits per heavy atom. The first-order valence-corrected chi connectivity index (χ1v) is 4.38. The van der Waals surface area contributed by atoms with Crippen LogP contribution in [-0.4, -0.2) is 22.2 Å². The van der Waals surface area contributed by atoms with E-state index in [0.717, 1.165) is 5.56 Å². The highest BCUT2D eigenvalue weighted by Gasteiger charge is 2.15. The van der Waals surface area contributed by atoms with Crippen molar-refractivity contribution in [3.05, 3.63) is 29.8 Å². The lowest BCUT2D eigenvalue weighted by atomic mass is 10.1. The molecule has 1 unspecified atom stereocenters. The first-order valence-electron chi connectivity index (χ1n) is 4.00. The third-order valence-electron chi connectivity index (χ3n) is 1.81. The summed E-state index contributed by atoms with van der Waals surface area (Å²) in [5.41, 5.74) is 0.795. The number of hydrogen-bond donors (Lipinski definition) is 3. The Morgan fingerprint density at radius 3 is 2.43 bits per heavy atom. The maximum atomic E-state index is 10.6. The topological polar surface area (TPSA) is 69.6 Å². The molecule has 3 N–H and O–H groups in total. The second kappa shape index (κ2) is 4.83. The Labute approximate surface area is 86.2 Å². The standard InChI is InChI=1S/C9H10ClNO3/c10-11-8(9(13)14)5-6-1-3-7(12)4-2-6/h1-4,8,11-12H,5H2,(H,13,14). The zero-order valence-corrected chi connectivity index (χ0v) is 8.03. The number of benzene rings is 1. The molecule has 0 heterocycles. The Hall–Kier alpha value is -1.26. The molecule has 0 radical (unpaired) electrons. The maximum absolute atomic E-state index is 10.6. The average Bonchev–Trinajstić information content (AvgIpc) is 2.16. The van der Waals surface area contributed by atoms with Crippen molar-refractivity contribution in [1.82, 2.24) is 4.84 Å². The van der Waals surface area contributed by atoms with E-state index in [4.69, 9.17) is 22.0 Å². The van der Waals surface area contributed by atoms with E-state index >= 15 is 0 Å². The number of aliphatic carboxylic acids is 1. The van der Waals surface area contributed by atoms with Gasteiger partial charge in [0.2, 0.25) is 0 Å². The lowest BCUT2D eigenvalue weighted by Gasteiger charge is -2.09. The number of halogens is 1. The number of carboxylic acids is 1. The summed E-state index contributed by atoms with van der Waals surface area (Å²) in [6, 6.07) is 5.49. The third-order valence-corrected chi connectivity index (χ3v) is 2.07. The van der Waals surface area contributed by atoms with Crippen molar-refractivity contribution >= 4 is 17.7 Å². The number of aromatic hydroxyl groups is 1. The van der Waals surface area contributed by atoms with Gasteiger partial charge in [0.25, 0.3) is 0 Å². The minimum absolute atomic E-state index is 0.152. The monoisotopic (exact) mass is 215 g/mol. The summed E-state index contributed by atoms with van der Waals surface area (Å²) in [6.45, 7) is 0. The molecule has 5 heteroatoms. The summed E-state index contributed by atoms with van der Waals surface area (Å²) in [4.78, 5) is 12.8. The molecule has 1 aromatic carbocycles. The summed E-state index contributed by atoms with van der Waals surface area (Å²) in [5.74, 6) is -0.854. The molecule has 4 nitrogen and oxygen atoms in total. The molecule has 0 bridgehead atoms. The Kier molecular flexibility index (Phi) is 3.73. The normalized spacial score (nSPS) is 12.4. The lowest BCUT2D eigenvalue weighted by Crippen LogP contribution is -2.32. The van der Waals surface area contributed by atoms with Gasteiger partial charge in [-0.05, 0) is 35.9 Å². The summed E-state index contributed by atoms with van der Waals surface area (Å²) >= 11 is 5.26. The predicted molar refractivity (Wildman–Crippen MR) is 52.2 cm³/mol. The summed E-state index contributed by atoms with van der Waals surface area (Å²) in [7, 11) is 0. The fraction of sp³-hybridized carbons (Fsp3) is 0.222. The number of phenols is 1. The predicted octanol–water partition coefficient (Wildman–Crippen LogP) is 1.13. The van der Waals surface area contributed by atoms with E-state index in [1.807, 2.05) is 0 Å². The lowest BCUT2D eigenvalue weighted by molar-refractivity contribution is -0.138. The summed E-state index contributed by atoms with van der Waals surface area (Å²) in [5, 5.41) is 17.7. The highest BCUT2D eigenvalue weighted by Crippen LogP contribution is 2.11. The fourth-order valence-electron chi connectivity index (χ4n) is 1.04. The second-order valence-corrected chi connectivity index (χ2v) is 3.09. The van der Waals surface area contributed by atoms with Crippen LogP contribution in [0.1, 0.15) is 5.56 Å². The highest BCUT2D eigenvalue weighted by atomic mass is 35.5. The van der Waals surface area contributed by atoms with Crippen LogP contribution >= 0.6 is 11.8 Å². The van der Waals surface area contributed by atoms with Gasteiger partial charge >= 0.3 is 5.97 Å². The van der Waals surface area contributed by atoms with Gasteiger partial charge in [-0.2, -0.15) is 0 Å². The van der Waals surface area contributed by atoms with Gasteiger partial charge in [-0.3, -0.25) is 4.79 Å². The molecule has 14 heavy (non-hydrogen) atoms. The molecule has 1 aromatic rings. The molecule has 0 spiro atoms. The van der Waals surface area contributed by atoms with Gasteiger partial charge < -0.3 is 10.2 Å². The molecular formula is C9H10ClNO3. The van der Waals surface area contributed by atoms with Gasteiger partial charge in [0, 0.05) is 0 Å². The van der Waals surface area contributed by atoms with Crippen LogP contribution in [0.2, 0.25) is 0 Å². The SMILES string of the molecule is O=C(O)C(Cc1ccc(O)cc1)NCl. The van der Waals surface area contributed by atoms with Gasteiger partial charge in [0.05, 0.1) is 0 Å². The number of rotatable bonds is 4. The third kappa shape index (κ3) is 2.90. The van der Waals surface area contributed by atoms with Crippen LogP contribution in [0.4, 0.5) is 0 Å². The quantitative estimate of drug-likeness (QED) is 0.659. The smallest absolute Gasteiger partial charge is 0.322 e. The van der Waals surface area contributed by atoms with Gasteiger partial charge in [0.15, 0.2) is 0 Å². The molecular weight excluding hydrogens is 206 g/mol. The van der Waals surface area contributed by atoms with Crippen molar-refractivity contribution in [2.45, 2.75) is 12.5 Å². The first kappa shape index (κ1) is 10.8. The molecule has 76 valence electrons. The van der Waals surface area contributed by atoms with E-state index < -0.39 is 12.0 Å². The van der Waals surface area contributed by atoms with Crippen LogP contribution in [0.3, 0.4) is 0 Å². The molecule has 0 aliphatic rings. The van der Waals surface area contributed by atoms with E-state index in [9.17, 15) is 4.79 Å². The largest absolute Gasteiger partial charge is 0.508 e. The second-order valence-electron chi connectivity index (χ2n) is 2.87. The van der Waals surface area contributed by atoms with Crippen molar-refractivity contribution in [3.63, 3.8) is 0 Å². The minimum atomic E-state index is -1.01. The molecule has 0 aliphatic heterocycles. The van der Waals surface area contributed by atoms with Crippen molar-refractivity contribution in [2.75, 3.05) is 0 Å². The van der Waals surface area contributed by atoms with E-state index in [0.29, 0.717) is 0 Å². The Morgan fingerprint density at radius 1 is 1.43 bits per heavy atom. The van der Waals surface area contributed by atoms with E-state index in [2.05, 4.69) is 4.84 Å². The molecule has 0 aliphatic carbocycles. The van der Waals surface area contributed by atoms with Gasteiger partial charge in [-0.15, -0.1) is 0 Å². The molecule has 0 saturated carbocycles. The van der Waals surface area contributed by atoms with E-state index in [1.54, 1.807) is 12.1 Å². The number of phenolic OH excluding ortho intramolecular Hbond substituents is 1. The van der Waals surface area contributed by atoms with Crippen LogP contribution in [0.25, 0.3) is 0 Å². The first-order chi connectivity index (χ1) is 6.63. The zero-order valence-electron chi connectivity index (χ0n) is 7.27. The number of carboxylic acid groups (broad SMARTS) is 1. The van der Waals surface area contributed by atoms with Crippen LogP contribution in [0.15, 0.2) is 24.3 Å². The fourth-order valence-corrected chi connectivity index (χ4v) is 1.21. The van der Waals surface area contributed by atoms with Gasteiger partial charge in [-0.25, -0.2) is 4.84 Å². The highest BCUT2D eigenvalue weighted by molar-refractivity contribution is 6.14. The van der Waals surface area contributed by atoms with Crippen molar-refractivity contribution < 1.29 is 15.0 Å². The van der Waals surface area contributed by atoms with E-state index in [-0.39, 0.29) is 12.2 Å². The number of nitrogens with one attached hydrogen (secondary N) is 1. The molecule has 1 rings (SSSR count). The maximum Gasteiger partial charge on any atom is 0.322 e. The Balaban J connectivity index is 2.67. The number of hydrogen-bond acceptors (Lipinski definition) is 3. The minimum Gasteiger partial charge on any atom is -0.508 e. The summed E-state index contributed by atoms with van der Waals surface area (Å²) in [6.07, 6.45) is 0.277. The summed E-state index contributed by atoms with van der Waals surface area (Å²) < 4.78 is 0. The van der Waals surface area contributed by atoms with E-state index in [1.165, 1.54) is 12.1 Å². The van der Waals surface area contributed by atoms with Crippen LogP contribution in [-0.2, 0) is 11.2 Å². The zero-order chi connectivity index (χ0) is 10.6. The molecule has 1 atom stereocenters. The average molecular weight is 216 g/mol. The molecule has 0 saturated heterocycles.